The SMILES string of the molecule is O=C(O)CCCN1C(=O)SC(=Cc2ccc(-c3c(Cl)cc(C(F)(F)F)cc3Cl)o2)C1=O. The number of carbonyl (C=O) groups is 3. The Morgan fingerprint density at radius 1 is 1.19 bits per heavy atom. The standard InChI is InChI=1S/C19H12Cl2F3NO5S/c20-11-6-9(19(22,23)24)7-12(21)16(11)13-4-3-10(30-13)8-14-17(28)25(18(29)31-14)5-1-2-15(26)27/h3-4,6-8H,1-2,5H2,(H,26,27). The van der Waals surface area contributed by atoms with E-state index in [-0.39, 0.29) is 51.4 Å². The first-order chi connectivity index (χ1) is 14.5. The van der Waals surface area contributed by atoms with E-state index >= 15 is 0 Å². The minimum absolute atomic E-state index is 0.0333. The molecule has 2 aromatic rings. The number of alkyl halides is 3. The van der Waals surface area contributed by atoms with Crippen molar-refractivity contribution in [1.82, 2.24) is 4.90 Å². The van der Waals surface area contributed by atoms with Crippen LogP contribution in [0.2, 0.25) is 10.0 Å². The van der Waals surface area contributed by atoms with Gasteiger partial charge >= 0.3 is 12.1 Å². The number of carboxylic acids is 1. The first-order valence-corrected chi connectivity index (χ1v) is 10.2. The second-order valence-corrected chi connectivity index (χ2v) is 8.15. The molecule has 0 spiro atoms. The highest BCUT2D eigenvalue weighted by Crippen LogP contribution is 2.41. The van der Waals surface area contributed by atoms with Gasteiger partial charge in [-0.2, -0.15) is 13.2 Å². The van der Waals surface area contributed by atoms with Crippen LogP contribution >= 0.6 is 35.0 Å². The Kier molecular flexibility index (Phi) is 6.73. The molecule has 1 aliphatic heterocycles. The number of nitrogens with zero attached hydrogens (tertiary/aromatic N) is 1. The van der Waals surface area contributed by atoms with Gasteiger partial charge in [-0.25, -0.2) is 0 Å². The normalized spacial score (nSPS) is 15.9. The molecular formula is C19H12Cl2F3NO5S. The van der Waals surface area contributed by atoms with E-state index in [9.17, 15) is 27.6 Å². The first-order valence-electron chi connectivity index (χ1n) is 8.61. The maximum atomic E-state index is 12.9. The lowest BCUT2D eigenvalue weighted by molar-refractivity contribution is -0.138. The zero-order valence-corrected chi connectivity index (χ0v) is 17.7. The number of hydrogen-bond acceptors (Lipinski definition) is 5. The highest BCUT2D eigenvalue weighted by atomic mass is 35.5. The predicted octanol–water partition coefficient (Wildman–Crippen LogP) is 6.17. The van der Waals surface area contributed by atoms with Gasteiger partial charge in [-0.3, -0.25) is 19.3 Å². The summed E-state index contributed by atoms with van der Waals surface area (Å²) >= 11 is 12.6. The molecular weight excluding hydrogens is 482 g/mol. The number of amides is 2. The molecule has 164 valence electrons. The Balaban J connectivity index is 1.82. The highest BCUT2D eigenvalue weighted by Gasteiger charge is 2.35. The third-order valence-corrected chi connectivity index (χ3v) is 5.67. The molecule has 1 saturated heterocycles. The lowest BCUT2D eigenvalue weighted by Gasteiger charge is -2.11. The molecule has 1 fully saturated rings. The lowest BCUT2D eigenvalue weighted by Crippen LogP contribution is -2.29. The van der Waals surface area contributed by atoms with Crippen molar-refractivity contribution in [2.24, 2.45) is 0 Å². The van der Waals surface area contributed by atoms with Gasteiger partial charge in [0.25, 0.3) is 11.1 Å². The minimum atomic E-state index is -4.62. The van der Waals surface area contributed by atoms with Gasteiger partial charge in [0.05, 0.1) is 26.1 Å². The third kappa shape index (κ3) is 5.25. The molecule has 0 saturated carbocycles. The van der Waals surface area contributed by atoms with Gasteiger partial charge in [0.15, 0.2) is 0 Å². The van der Waals surface area contributed by atoms with Crippen molar-refractivity contribution in [2.75, 3.05) is 6.54 Å². The molecule has 3 rings (SSSR count). The first kappa shape index (κ1) is 23.2. The molecule has 1 N–H and O–H groups in total. The van der Waals surface area contributed by atoms with Crippen LogP contribution in [-0.4, -0.2) is 33.7 Å². The molecule has 1 aliphatic rings. The van der Waals surface area contributed by atoms with E-state index < -0.39 is 28.9 Å². The van der Waals surface area contributed by atoms with Crippen molar-refractivity contribution in [2.45, 2.75) is 19.0 Å². The van der Waals surface area contributed by atoms with Crippen LogP contribution in [-0.2, 0) is 15.8 Å². The molecule has 0 unspecified atom stereocenters. The molecule has 2 amide bonds. The van der Waals surface area contributed by atoms with E-state index in [0.29, 0.717) is 11.8 Å². The van der Waals surface area contributed by atoms with Crippen molar-refractivity contribution in [3.05, 3.63) is 50.5 Å². The molecule has 0 radical (unpaired) electrons. The number of thioether (sulfide) groups is 1. The van der Waals surface area contributed by atoms with Crippen molar-refractivity contribution in [1.29, 1.82) is 0 Å². The van der Waals surface area contributed by atoms with Crippen LogP contribution in [0.1, 0.15) is 24.2 Å². The van der Waals surface area contributed by atoms with Gasteiger partial charge in [-0.1, -0.05) is 23.2 Å². The summed E-state index contributed by atoms with van der Waals surface area (Å²) in [6, 6.07) is 4.32. The molecule has 12 heteroatoms. The van der Waals surface area contributed by atoms with Crippen molar-refractivity contribution in [3.8, 4) is 11.3 Å². The van der Waals surface area contributed by atoms with Crippen LogP contribution in [0.15, 0.2) is 33.6 Å². The van der Waals surface area contributed by atoms with E-state index in [2.05, 4.69) is 0 Å². The number of furan rings is 1. The molecule has 1 aromatic heterocycles. The molecule has 31 heavy (non-hydrogen) atoms. The summed E-state index contributed by atoms with van der Waals surface area (Å²) in [5.74, 6) is -1.40. The number of hydrogen-bond donors (Lipinski definition) is 1. The average molecular weight is 494 g/mol. The third-order valence-electron chi connectivity index (χ3n) is 4.16. The molecule has 1 aromatic carbocycles. The van der Waals surface area contributed by atoms with Crippen LogP contribution < -0.4 is 0 Å². The Hall–Kier alpha value is -2.43. The van der Waals surface area contributed by atoms with Gasteiger partial charge < -0.3 is 9.52 Å². The van der Waals surface area contributed by atoms with Crippen molar-refractivity contribution < 1.29 is 37.1 Å². The molecule has 6 nitrogen and oxygen atoms in total. The van der Waals surface area contributed by atoms with Gasteiger partial charge in [0.2, 0.25) is 0 Å². The zero-order chi connectivity index (χ0) is 22.9. The summed E-state index contributed by atoms with van der Waals surface area (Å²) in [5, 5.41) is 7.60. The molecule has 0 bridgehead atoms. The Morgan fingerprint density at radius 3 is 2.42 bits per heavy atom. The minimum Gasteiger partial charge on any atom is -0.481 e. The fraction of sp³-hybridized carbons (Fsp3) is 0.211. The predicted molar refractivity (Wildman–Crippen MR) is 109 cm³/mol. The lowest BCUT2D eigenvalue weighted by atomic mass is 10.1. The average Bonchev–Trinajstić information content (AvgIpc) is 3.20. The van der Waals surface area contributed by atoms with Crippen LogP contribution in [0.5, 0.6) is 0 Å². The van der Waals surface area contributed by atoms with Crippen LogP contribution in [0.3, 0.4) is 0 Å². The second-order valence-electron chi connectivity index (χ2n) is 6.35. The topological polar surface area (TPSA) is 87.8 Å². The maximum absolute atomic E-state index is 12.9. The Bertz CT molecular complexity index is 1070. The summed E-state index contributed by atoms with van der Waals surface area (Å²) in [5.41, 5.74) is -0.952. The number of aliphatic carboxylic acids is 1. The van der Waals surface area contributed by atoms with Crippen LogP contribution in [0.25, 0.3) is 17.4 Å². The number of carbonyl (C=O) groups excluding carboxylic acids is 2. The van der Waals surface area contributed by atoms with Crippen molar-refractivity contribution >= 4 is 58.2 Å². The quantitative estimate of drug-likeness (QED) is 0.483. The largest absolute Gasteiger partial charge is 0.481 e. The van der Waals surface area contributed by atoms with Gasteiger partial charge in [0.1, 0.15) is 11.5 Å². The molecule has 0 atom stereocenters. The zero-order valence-electron chi connectivity index (χ0n) is 15.3. The highest BCUT2D eigenvalue weighted by molar-refractivity contribution is 8.18. The van der Waals surface area contributed by atoms with E-state index in [0.717, 1.165) is 17.0 Å². The van der Waals surface area contributed by atoms with Gasteiger partial charge in [-0.05, 0) is 42.4 Å². The second kappa shape index (κ2) is 8.97. The fourth-order valence-corrected chi connectivity index (χ4v) is 4.27. The summed E-state index contributed by atoms with van der Waals surface area (Å²) in [6.07, 6.45) is -3.38. The Labute approximate surface area is 187 Å². The van der Waals surface area contributed by atoms with E-state index in [1.54, 1.807) is 0 Å². The van der Waals surface area contributed by atoms with Crippen LogP contribution in [0.4, 0.5) is 18.0 Å². The number of carboxylic acid groups (broad SMARTS) is 1. The van der Waals surface area contributed by atoms with E-state index in [4.69, 9.17) is 32.7 Å². The summed E-state index contributed by atoms with van der Waals surface area (Å²) in [7, 11) is 0. The van der Waals surface area contributed by atoms with Gasteiger partial charge in [-0.15, -0.1) is 0 Å². The maximum Gasteiger partial charge on any atom is 0.416 e. The number of halogens is 5. The fourth-order valence-electron chi connectivity index (χ4n) is 2.75. The van der Waals surface area contributed by atoms with Crippen molar-refractivity contribution in [3.63, 3.8) is 0 Å². The monoisotopic (exact) mass is 493 g/mol. The van der Waals surface area contributed by atoms with Crippen LogP contribution in [0, 0.1) is 0 Å². The van der Waals surface area contributed by atoms with E-state index in [1.807, 2.05) is 0 Å². The molecule has 2 heterocycles. The smallest absolute Gasteiger partial charge is 0.416 e. The summed E-state index contributed by atoms with van der Waals surface area (Å²) in [6.45, 7) is -0.0333. The summed E-state index contributed by atoms with van der Waals surface area (Å²) in [4.78, 5) is 36.0. The van der Waals surface area contributed by atoms with Gasteiger partial charge in [0, 0.05) is 19.0 Å². The number of benzene rings is 1. The summed E-state index contributed by atoms with van der Waals surface area (Å²) < 4.78 is 44.2. The number of rotatable bonds is 6. The number of imide groups is 1. The Morgan fingerprint density at radius 2 is 1.84 bits per heavy atom. The van der Waals surface area contributed by atoms with E-state index in [1.165, 1.54) is 18.2 Å². The molecule has 0 aliphatic carbocycles.